The number of nitro groups is 1. The van der Waals surface area contributed by atoms with Gasteiger partial charge in [0.05, 0.1) is 29.5 Å². The number of benzene rings is 2. The van der Waals surface area contributed by atoms with E-state index in [2.05, 4.69) is 9.89 Å². The molecular formula is C27H35N5O5S. The Morgan fingerprint density at radius 2 is 1.45 bits per heavy atom. The van der Waals surface area contributed by atoms with Gasteiger partial charge >= 0.3 is 0 Å². The van der Waals surface area contributed by atoms with Gasteiger partial charge in [0, 0.05) is 51.5 Å². The molecule has 11 heteroatoms. The molecule has 0 amide bonds. The Hall–Kier alpha value is -3.02. The molecule has 3 aliphatic heterocycles. The molecule has 0 spiro atoms. The van der Waals surface area contributed by atoms with E-state index in [1.54, 1.807) is 28.7 Å². The number of hydrogen-bond donors (Lipinski definition) is 0. The van der Waals surface area contributed by atoms with Crippen LogP contribution in [0.15, 0.2) is 46.3 Å². The van der Waals surface area contributed by atoms with E-state index in [0.717, 1.165) is 57.3 Å². The average Bonchev–Trinajstić information content (AvgIpc) is 2.97. The minimum Gasteiger partial charge on any atom is -0.378 e. The highest BCUT2D eigenvalue weighted by atomic mass is 32.2. The zero-order valence-corrected chi connectivity index (χ0v) is 22.4. The fourth-order valence-electron chi connectivity index (χ4n) is 5.42. The number of rotatable bonds is 7. The lowest BCUT2D eigenvalue weighted by atomic mass is 10.1. The third-order valence-electron chi connectivity index (χ3n) is 7.48. The summed E-state index contributed by atoms with van der Waals surface area (Å²) in [4.78, 5) is 20.4. The number of nitrogens with zero attached hydrogens (tertiary/aromatic N) is 5. The van der Waals surface area contributed by atoms with E-state index in [1.807, 2.05) is 17.0 Å². The second-order valence-corrected chi connectivity index (χ2v) is 11.9. The molecular weight excluding hydrogens is 506 g/mol. The molecule has 38 heavy (non-hydrogen) atoms. The zero-order chi connectivity index (χ0) is 26.5. The van der Waals surface area contributed by atoms with Crippen LogP contribution in [-0.2, 0) is 14.8 Å². The van der Waals surface area contributed by atoms with Gasteiger partial charge in [-0.1, -0.05) is 12.5 Å². The number of morpholine rings is 1. The maximum atomic E-state index is 13.7. The summed E-state index contributed by atoms with van der Waals surface area (Å²) in [5.41, 5.74) is 2.40. The number of sulfonamides is 1. The van der Waals surface area contributed by atoms with Crippen LogP contribution in [0.2, 0.25) is 0 Å². The van der Waals surface area contributed by atoms with E-state index in [4.69, 9.17) is 4.74 Å². The van der Waals surface area contributed by atoms with Gasteiger partial charge in [-0.15, -0.1) is 0 Å². The number of piperidine rings is 2. The van der Waals surface area contributed by atoms with Gasteiger partial charge in [-0.25, -0.2) is 8.42 Å². The molecule has 3 saturated heterocycles. The van der Waals surface area contributed by atoms with E-state index in [0.29, 0.717) is 61.2 Å². The first kappa shape index (κ1) is 26.6. The van der Waals surface area contributed by atoms with Gasteiger partial charge < -0.3 is 14.5 Å². The molecule has 10 nitrogen and oxygen atoms in total. The van der Waals surface area contributed by atoms with Crippen LogP contribution in [0.4, 0.5) is 22.7 Å². The average molecular weight is 542 g/mol. The first-order valence-electron chi connectivity index (χ1n) is 13.5. The van der Waals surface area contributed by atoms with Gasteiger partial charge in [0.15, 0.2) is 0 Å². The minimum absolute atomic E-state index is 0.0182. The smallest absolute Gasteiger partial charge is 0.293 e. The first-order valence-corrected chi connectivity index (χ1v) is 14.9. The highest BCUT2D eigenvalue weighted by Gasteiger charge is 2.30. The van der Waals surface area contributed by atoms with E-state index in [-0.39, 0.29) is 10.6 Å². The van der Waals surface area contributed by atoms with Gasteiger partial charge in [-0.05, 0) is 61.9 Å². The molecule has 0 atom stereocenters. The zero-order valence-electron chi connectivity index (χ0n) is 21.6. The lowest BCUT2D eigenvalue weighted by molar-refractivity contribution is -0.384. The van der Waals surface area contributed by atoms with Crippen molar-refractivity contribution in [1.82, 2.24) is 4.31 Å². The van der Waals surface area contributed by atoms with Crippen LogP contribution in [0, 0.1) is 10.1 Å². The van der Waals surface area contributed by atoms with Crippen LogP contribution in [0.25, 0.3) is 0 Å². The lowest BCUT2D eigenvalue weighted by Crippen LogP contribution is -2.37. The number of anilines is 2. The third kappa shape index (κ3) is 5.84. The van der Waals surface area contributed by atoms with Crippen molar-refractivity contribution in [3.63, 3.8) is 0 Å². The maximum absolute atomic E-state index is 13.7. The normalized spacial score (nSPS) is 19.7. The number of hydrogen-bond acceptors (Lipinski definition) is 8. The van der Waals surface area contributed by atoms with Crippen LogP contribution >= 0.6 is 0 Å². The summed E-state index contributed by atoms with van der Waals surface area (Å²) in [5, 5.41) is 11.8. The van der Waals surface area contributed by atoms with Gasteiger partial charge in [0.25, 0.3) is 5.69 Å². The van der Waals surface area contributed by atoms with Crippen molar-refractivity contribution in [2.24, 2.45) is 4.99 Å². The molecule has 0 unspecified atom stereocenters. The second-order valence-electron chi connectivity index (χ2n) is 10.0. The van der Waals surface area contributed by atoms with Crippen molar-refractivity contribution in [2.75, 3.05) is 62.3 Å². The van der Waals surface area contributed by atoms with Crippen molar-refractivity contribution in [3.05, 3.63) is 52.1 Å². The summed E-state index contributed by atoms with van der Waals surface area (Å²) < 4.78 is 34.5. The minimum atomic E-state index is -3.67. The van der Waals surface area contributed by atoms with Crippen molar-refractivity contribution in [3.8, 4) is 0 Å². The Kier molecular flexibility index (Phi) is 8.25. The Bertz CT molecular complexity index is 1280. The molecule has 3 heterocycles. The van der Waals surface area contributed by atoms with E-state index >= 15 is 0 Å². The summed E-state index contributed by atoms with van der Waals surface area (Å²) in [7, 11) is -3.67. The third-order valence-corrected chi connectivity index (χ3v) is 9.41. The topological polar surface area (TPSA) is 109 Å². The van der Waals surface area contributed by atoms with E-state index in [1.165, 1.54) is 6.07 Å². The molecule has 0 aliphatic carbocycles. The van der Waals surface area contributed by atoms with Crippen LogP contribution in [0.1, 0.15) is 44.1 Å². The molecule has 0 saturated carbocycles. The molecule has 3 aliphatic rings. The van der Waals surface area contributed by atoms with Gasteiger partial charge in [-0.3, -0.25) is 15.1 Å². The van der Waals surface area contributed by atoms with Crippen molar-refractivity contribution in [2.45, 2.75) is 43.4 Å². The van der Waals surface area contributed by atoms with Crippen LogP contribution in [0.5, 0.6) is 0 Å². The largest absolute Gasteiger partial charge is 0.378 e. The van der Waals surface area contributed by atoms with Crippen LogP contribution in [-0.4, -0.2) is 76.3 Å². The van der Waals surface area contributed by atoms with Gasteiger partial charge in [-0.2, -0.15) is 4.31 Å². The van der Waals surface area contributed by atoms with E-state index in [9.17, 15) is 18.5 Å². The summed E-state index contributed by atoms with van der Waals surface area (Å²) in [5.74, 6) is 0. The standard InChI is InChI=1S/C27H35N5O5S/c33-32(34)26-19-22(7-9-24(26)30-15-17-37-18-16-30)21-28-23-8-10-25(29-11-3-1-4-12-29)27(20-23)38(35,36)31-13-5-2-6-14-31/h7-10,19-21H,1-6,11-18H2. The summed E-state index contributed by atoms with van der Waals surface area (Å²) in [6, 6.07) is 10.4. The van der Waals surface area contributed by atoms with Gasteiger partial charge in [0.2, 0.25) is 10.0 Å². The predicted molar refractivity (Wildman–Crippen MR) is 148 cm³/mol. The molecule has 0 aromatic heterocycles. The summed E-state index contributed by atoms with van der Waals surface area (Å²) in [6.07, 6.45) is 7.59. The monoisotopic (exact) mass is 541 g/mol. The summed E-state index contributed by atoms with van der Waals surface area (Å²) >= 11 is 0. The second kappa shape index (κ2) is 11.8. The highest BCUT2D eigenvalue weighted by molar-refractivity contribution is 7.89. The Labute approximate surface area is 224 Å². The number of ether oxygens (including phenoxy) is 1. The van der Waals surface area contributed by atoms with Gasteiger partial charge in [0.1, 0.15) is 10.6 Å². The quantitative estimate of drug-likeness (QED) is 0.291. The maximum Gasteiger partial charge on any atom is 0.293 e. The number of aliphatic imine (C=N–C) groups is 1. The Morgan fingerprint density at radius 1 is 0.816 bits per heavy atom. The lowest BCUT2D eigenvalue weighted by Gasteiger charge is -2.32. The molecule has 2 aromatic carbocycles. The van der Waals surface area contributed by atoms with Crippen molar-refractivity contribution < 1.29 is 18.1 Å². The molecule has 3 fully saturated rings. The van der Waals surface area contributed by atoms with Crippen LogP contribution < -0.4 is 9.80 Å². The molecule has 0 N–H and O–H groups in total. The SMILES string of the molecule is O=[N+]([O-])c1cc(C=Nc2ccc(N3CCCCC3)c(S(=O)(=O)N3CCCCC3)c2)ccc1N1CCOCC1. The fraction of sp³-hybridized carbons (Fsp3) is 0.519. The summed E-state index contributed by atoms with van der Waals surface area (Å²) in [6.45, 7) is 5.03. The Balaban J connectivity index is 1.46. The number of nitro benzene ring substituents is 1. The van der Waals surface area contributed by atoms with Crippen molar-refractivity contribution in [1.29, 1.82) is 0 Å². The van der Waals surface area contributed by atoms with E-state index < -0.39 is 10.0 Å². The van der Waals surface area contributed by atoms with Crippen LogP contribution in [0.3, 0.4) is 0 Å². The molecule has 5 rings (SSSR count). The Morgan fingerprint density at radius 3 is 2.13 bits per heavy atom. The highest BCUT2D eigenvalue weighted by Crippen LogP contribution is 2.35. The molecule has 0 radical (unpaired) electrons. The first-order chi connectivity index (χ1) is 18.4. The molecule has 0 bridgehead atoms. The fourth-order valence-corrected chi connectivity index (χ4v) is 7.17. The van der Waals surface area contributed by atoms with Crippen molar-refractivity contribution >= 4 is 39.0 Å². The molecule has 2 aromatic rings. The molecule has 204 valence electrons. The predicted octanol–water partition coefficient (Wildman–Crippen LogP) is 4.35.